The lowest BCUT2D eigenvalue weighted by atomic mass is 10.0. The van der Waals surface area contributed by atoms with E-state index in [0.717, 1.165) is 18.6 Å². The Morgan fingerprint density at radius 3 is 2.44 bits per heavy atom. The molecule has 0 saturated heterocycles. The molecule has 1 amide bonds. The van der Waals surface area contributed by atoms with E-state index in [0.29, 0.717) is 0 Å². The van der Waals surface area contributed by atoms with E-state index in [1.165, 1.54) is 5.56 Å². The van der Waals surface area contributed by atoms with Crippen LogP contribution in [0.4, 0.5) is 0 Å². The van der Waals surface area contributed by atoms with Gasteiger partial charge in [0, 0.05) is 13.0 Å². The average molecular weight is 221 g/mol. The summed E-state index contributed by atoms with van der Waals surface area (Å²) in [5.74, 6) is 0.886. The zero-order valence-corrected chi connectivity index (χ0v) is 10.1. The normalized spacial score (nSPS) is 11.9. The number of methoxy groups -OCH3 is 1. The van der Waals surface area contributed by atoms with E-state index in [9.17, 15) is 4.79 Å². The van der Waals surface area contributed by atoms with Gasteiger partial charge in [0.2, 0.25) is 5.91 Å². The molecule has 1 N–H and O–H groups in total. The van der Waals surface area contributed by atoms with E-state index in [2.05, 4.69) is 12.2 Å². The highest BCUT2D eigenvalue weighted by atomic mass is 16.5. The van der Waals surface area contributed by atoms with Gasteiger partial charge in [0.05, 0.1) is 7.11 Å². The van der Waals surface area contributed by atoms with Crippen LogP contribution in [0.3, 0.4) is 0 Å². The molecule has 16 heavy (non-hydrogen) atoms. The molecule has 0 aliphatic carbocycles. The minimum absolute atomic E-state index is 0.0281. The van der Waals surface area contributed by atoms with Crippen LogP contribution in [0.25, 0.3) is 0 Å². The van der Waals surface area contributed by atoms with Crippen LogP contribution in [0.1, 0.15) is 25.8 Å². The second kappa shape index (κ2) is 6.16. The fraction of sp³-hybridized carbons (Fsp3) is 0.462. The van der Waals surface area contributed by atoms with Gasteiger partial charge in [-0.15, -0.1) is 0 Å². The molecule has 1 aromatic carbocycles. The molecule has 88 valence electrons. The van der Waals surface area contributed by atoms with Gasteiger partial charge in [-0.2, -0.15) is 0 Å². The van der Waals surface area contributed by atoms with Gasteiger partial charge in [0.15, 0.2) is 0 Å². The molecule has 1 rings (SSSR count). The summed E-state index contributed by atoms with van der Waals surface area (Å²) in [7, 11) is 1.65. The van der Waals surface area contributed by atoms with Crippen molar-refractivity contribution in [3.8, 4) is 5.75 Å². The van der Waals surface area contributed by atoms with Crippen molar-refractivity contribution in [1.82, 2.24) is 5.32 Å². The molecule has 0 fully saturated rings. The minimum Gasteiger partial charge on any atom is -0.497 e. The number of ether oxygens (including phenoxy) is 1. The van der Waals surface area contributed by atoms with Crippen LogP contribution in [-0.2, 0) is 11.2 Å². The van der Waals surface area contributed by atoms with Crippen LogP contribution in [0, 0.1) is 0 Å². The lowest BCUT2D eigenvalue weighted by Crippen LogP contribution is -2.34. The van der Waals surface area contributed by atoms with Gasteiger partial charge >= 0.3 is 0 Å². The van der Waals surface area contributed by atoms with Crippen molar-refractivity contribution in [3.05, 3.63) is 29.8 Å². The Kier molecular flexibility index (Phi) is 4.83. The van der Waals surface area contributed by atoms with Gasteiger partial charge in [-0.05, 0) is 30.5 Å². The third kappa shape index (κ3) is 3.93. The number of nitrogens with one attached hydrogen (secondary N) is 1. The molecule has 0 aliphatic heterocycles. The summed E-state index contributed by atoms with van der Waals surface area (Å²) in [5.41, 5.74) is 1.21. The molecule has 0 radical (unpaired) electrons. The molecular weight excluding hydrogens is 202 g/mol. The molecule has 0 aliphatic rings. The van der Waals surface area contributed by atoms with Gasteiger partial charge in [-0.3, -0.25) is 4.79 Å². The lowest BCUT2D eigenvalue weighted by molar-refractivity contribution is -0.119. The first-order valence-electron chi connectivity index (χ1n) is 5.55. The van der Waals surface area contributed by atoms with Crippen molar-refractivity contribution in [2.75, 3.05) is 7.11 Å². The highest BCUT2D eigenvalue weighted by Crippen LogP contribution is 2.13. The summed E-state index contributed by atoms with van der Waals surface area (Å²) in [4.78, 5) is 11.0. The van der Waals surface area contributed by atoms with Crippen LogP contribution in [0.15, 0.2) is 24.3 Å². The quantitative estimate of drug-likeness (QED) is 0.827. The van der Waals surface area contributed by atoms with Gasteiger partial charge in [0.25, 0.3) is 0 Å². The largest absolute Gasteiger partial charge is 0.497 e. The van der Waals surface area contributed by atoms with E-state index in [-0.39, 0.29) is 11.9 Å². The van der Waals surface area contributed by atoms with E-state index in [1.54, 1.807) is 14.0 Å². The summed E-state index contributed by atoms with van der Waals surface area (Å²) >= 11 is 0. The van der Waals surface area contributed by atoms with Crippen LogP contribution >= 0.6 is 0 Å². The Bertz CT molecular complexity index is 332. The van der Waals surface area contributed by atoms with Crippen LogP contribution in [0.2, 0.25) is 0 Å². The van der Waals surface area contributed by atoms with Crippen LogP contribution in [0.5, 0.6) is 5.75 Å². The van der Waals surface area contributed by atoms with E-state index in [4.69, 9.17) is 4.74 Å². The van der Waals surface area contributed by atoms with Crippen molar-refractivity contribution in [1.29, 1.82) is 0 Å². The molecule has 0 saturated carbocycles. The number of hydrogen-bond acceptors (Lipinski definition) is 2. The van der Waals surface area contributed by atoms with Crippen LogP contribution in [-0.4, -0.2) is 19.1 Å². The number of hydrogen-bond donors (Lipinski definition) is 1. The Morgan fingerprint density at radius 1 is 1.38 bits per heavy atom. The van der Waals surface area contributed by atoms with Crippen molar-refractivity contribution < 1.29 is 9.53 Å². The van der Waals surface area contributed by atoms with Gasteiger partial charge < -0.3 is 10.1 Å². The average Bonchev–Trinajstić information content (AvgIpc) is 2.28. The summed E-state index contributed by atoms with van der Waals surface area (Å²) in [5, 5.41) is 2.94. The zero-order valence-electron chi connectivity index (χ0n) is 10.1. The fourth-order valence-corrected chi connectivity index (χ4v) is 1.63. The first kappa shape index (κ1) is 12.6. The van der Waals surface area contributed by atoms with E-state index in [1.807, 2.05) is 24.3 Å². The number of carbonyl (C=O) groups is 1. The molecule has 0 aromatic heterocycles. The molecule has 1 aromatic rings. The predicted molar refractivity (Wildman–Crippen MR) is 64.6 cm³/mol. The molecule has 0 spiro atoms. The number of carbonyl (C=O) groups excluding carboxylic acids is 1. The molecule has 0 bridgehead atoms. The number of rotatable bonds is 5. The number of benzene rings is 1. The second-order valence-electron chi connectivity index (χ2n) is 3.86. The highest BCUT2D eigenvalue weighted by molar-refractivity contribution is 5.73. The zero-order chi connectivity index (χ0) is 12.0. The molecule has 0 heterocycles. The molecule has 3 heteroatoms. The number of amides is 1. The summed E-state index contributed by atoms with van der Waals surface area (Å²) in [6.45, 7) is 3.63. The molecule has 0 unspecified atom stereocenters. The first-order valence-corrected chi connectivity index (χ1v) is 5.55. The summed E-state index contributed by atoms with van der Waals surface area (Å²) in [6, 6.07) is 8.16. The van der Waals surface area contributed by atoms with Crippen molar-refractivity contribution >= 4 is 5.91 Å². The topological polar surface area (TPSA) is 38.3 Å². The lowest BCUT2D eigenvalue weighted by Gasteiger charge is -2.15. The van der Waals surface area contributed by atoms with Gasteiger partial charge in [-0.1, -0.05) is 19.1 Å². The van der Waals surface area contributed by atoms with Crippen molar-refractivity contribution in [3.63, 3.8) is 0 Å². The molecular formula is C13H19NO2. The Labute approximate surface area is 96.8 Å². The first-order chi connectivity index (χ1) is 7.65. The smallest absolute Gasteiger partial charge is 0.217 e. The Balaban J connectivity index is 2.59. The van der Waals surface area contributed by atoms with E-state index >= 15 is 0 Å². The maximum absolute atomic E-state index is 11.0. The maximum Gasteiger partial charge on any atom is 0.217 e. The van der Waals surface area contributed by atoms with Crippen LogP contribution < -0.4 is 10.1 Å². The third-order valence-corrected chi connectivity index (χ3v) is 2.54. The van der Waals surface area contributed by atoms with Gasteiger partial charge in [-0.25, -0.2) is 0 Å². The maximum atomic E-state index is 11.0. The molecule has 3 nitrogen and oxygen atoms in total. The predicted octanol–water partition coefficient (Wildman–Crippen LogP) is 2.15. The summed E-state index contributed by atoms with van der Waals surface area (Å²) in [6.07, 6.45) is 1.80. The standard InChI is InChI=1S/C13H19NO2/c1-4-12(14-10(2)15)9-11-5-7-13(16-3)8-6-11/h5-8,12H,4,9H2,1-3H3,(H,14,15)/t12-/m1/s1. The second-order valence-corrected chi connectivity index (χ2v) is 3.86. The van der Waals surface area contributed by atoms with Crippen molar-refractivity contribution in [2.24, 2.45) is 0 Å². The fourth-order valence-electron chi connectivity index (χ4n) is 1.63. The Morgan fingerprint density at radius 2 is 2.00 bits per heavy atom. The minimum atomic E-state index is 0.0281. The SMILES string of the molecule is CC[C@H](Cc1ccc(OC)cc1)NC(C)=O. The van der Waals surface area contributed by atoms with E-state index < -0.39 is 0 Å². The van der Waals surface area contributed by atoms with Crippen molar-refractivity contribution in [2.45, 2.75) is 32.7 Å². The summed E-state index contributed by atoms with van der Waals surface area (Å²) < 4.78 is 5.10. The Hall–Kier alpha value is -1.51. The highest BCUT2D eigenvalue weighted by Gasteiger charge is 2.08. The monoisotopic (exact) mass is 221 g/mol. The third-order valence-electron chi connectivity index (χ3n) is 2.54. The van der Waals surface area contributed by atoms with Gasteiger partial charge in [0.1, 0.15) is 5.75 Å². The molecule has 1 atom stereocenters.